The van der Waals surface area contributed by atoms with Gasteiger partial charge in [0.1, 0.15) is 5.56 Å². The number of rotatable bonds is 3. The van der Waals surface area contributed by atoms with Crippen LogP contribution in [0, 0.1) is 10.1 Å². The molecule has 0 bridgehead atoms. The van der Waals surface area contributed by atoms with Gasteiger partial charge in [-0.15, -0.1) is 0 Å². The van der Waals surface area contributed by atoms with Crippen LogP contribution in [0.1, 0.15) is 15.9 Å². The van der Waals surface area contributed by atoms with E-state index in [0.29, 0.717) is 5.02 Å². The van der Waals surface area contributed by atoms with Gasteiger partial charge in [0.05, 0.1) is 9.95 Å². The van der Waals surface area contributed by atoms with Crippen LogP contribution in [0.2, 0.25) is 10.0 Å². The zero-order valence-electron chi connectivity index (χ0n) is 9.47. The van der Waals surface area contributed by atoms with Crippen molar-refractivity contribution in [3.8, 4) is 0 Å². The quantitative estimate of drug-likeness (QED) is 0.486. The number of carbonyl (C=O) groups excluding carboxylic acids is 1. The minimum atomic E-state index is -0.600. The maximum atomic E-state index is 12.3. The van der Waals surface area contributed by atoms with Crippen molar-refractivity contribution >= 4 is 34.7 Å². The molecule has 0 N–H and O–H groups in total. The molecular weight excluding hydrogens is 289 g/mol. The molecule has 0 radical (unpaired) electrons. The number of nitro groups is 1. The van der Waals surface area contributed by atoms with Gasteiger partial charge in [0, 0.05) is 16.7 Å². The topological polar surface area (TPSA) is 60.2 Å². The molecule has 0 unspecified atom stereocenters. The van der Waals surface area contributed by atoms with E-state index < -0.39 is 10.7 Å². The number of hydrogen-bond donors (Lipinski definition) is 0. The Labute approximate surface area is 118 Å². The Morgan fingerprint density at radius 2 is 1.74 bits per heavy atom. The normalized spacial score (nSPS) is 10.2. The molecule has 6 heteroatoms. The molecule has 0 saturated heterocycles. The fraction of sp³-hybridized carbons (Fsp3) is 0. The van der Waals surface area contributed by atoms with Crippen LogP contribution >= 0.6 is 23.2 Å². The summed E-state index contributed by atoms with van der Waals surface area (Å²) in [5.41, 5.74) is -0.0735. The van der Waals surface area contributed by atoms with Gasteiger partial charge in [0.2, 0.25) is 5.78 Å². The van der Waals surface area contributed by atoms with E-state index in [4.69, 9.17) is 23.2 Å². The van der Waals surface area contributed by atoms with E-state index in [9.17, 15) is 14.9 Å². The Morgan fingerprint density at radius 3 is 2.37 bits per heavy atom. The minimum Gasteiger partial charge on any atom is -0.288 e. The highest BCUT2D eigenvalue weighted by Crippen LogP contribution is 2.27. The fourth-order valence-corrected chi connectivity index (χ4v) is 2.14. The average Bonchev–Trinajstić information content (AvgIpc) is 2.38. The van der Waals surface area contributed by atoms with Crippen molar-refractivity contribution in [2.75, 3.05) is 0 Å². The zero-order valence-corrected chi connectivity index (χ0v) is 11.0. The molecule has 0 amide bonds. The lowest BCUT2D eigenvalue weighted by atomic mass is 10.0. The van der Waals surface area contributed by atoms with E-state index in [1.165, 1.54) is 36.4 Å². The first-order valence-corrected chi connectivity index (χ1v) is 5.99. The molecule has 0 fully saturated rings. The van der Waals surface area contributed by atoms with Crippen LogP contribution in [0.15, 0.2) is 42.5 Å². The molecule has 0 aromatic heterocycles. The van der Waals surface area contributed by atoms with Gasteiger partial charge in [0.15, 0.2) is 0 Å². The van der Waals surface area contributed by atoms with Gasteiger partial charge in [-0.25, -0.2) is 0 Å². The van der Waals surface area contributed by atoms with E-state index >= 15 is 0 Å². The highest BCUT2D eigenvalue weighted by molar-refractivity contribution is 6.37. The first kappa shape index (κ1) is 13.5. The van der Waals surface area contributed by atoms with Crippen LogP contribution in [-0.2, 0) is 0 Å². The molecule has 0 aliphatic carbocycles. The van der Waals surface area contributed by atoms with Gasteiger partial charge in [-0.3, -0.25) is 14.9 Å². The Kier molecular flexibility index (Phi) is 3.83. The zero-order chi connectivity index (χ0) is 14.0. The van der Waals surface area contributed by atoms with Crippen LogP contribution in [-0.4, -0.2) is 10.7 Å². The summed E-state index contributed by atoms with van der Waals surface area (Å²) in [6.45, 7) is 0. The second-order valence-electron chi connectivity index (χ2n) is 3.73. The predicted molar refractivity (Wildman–Crippen MR) is 73.0 cm³/mol. The number of carbonyl (C=O) groups is 1. The van der Waals surface area contributed by atoms with Crippen molar-refractivity contribution in [1.82, 2.24) is 0 Å². The van der Waals surface area contributed by atoms with E-state index in [1.807, 2.05) is 0 Å². The van der Waals surface area contributed by atoms with Crippen LogP contribution in [0.4, 0.5) is 5.69 Å². The third-order valence-electron chi connectivity index (χ3n) is 2.52. The maximum absolute atomic E-state index is 12.3. The number of halogens is 2. The van der Waals surface area contributed by atoms with E-state index in [0.717, 1.165) is 0 Å². The van der Waals surface area contributed by atoms with Crippen molar-refractivity contribution in [3.63, 3.8) is 0 Å². The number of para-hydroxylation sites is 1. The molecular formula is C13H7Cl2NO3. The van der Waals surface area contributed by atoms with E-state index in [2.05, 4.69) is 0 Å². The average molecular weight is 296 g/mol. The molecule has 0 spiro atoms. The summed E-state index contributed by atoms with van der Waals surface area (Å²) < 4.78 is 0. The smallest absolute Gasteiger partial charge is 0.280 e. The van der Waals surface area contributed by atoms with Crippen molar-refractivity contribution in [2.45, 2.75) is 0 Å². The van der Waals surface area contributed by atoms with Crippen LogP contribution in [0.25, 0.3) is 0 Å². The second kappa shape index (κ2) is 5.38. The van der Waals surface area contributed by atoms with Crippen molar-refractivity contribution in [2.24, 2.45) is 0 Å². The molecule has 2 rings (SSSR count). The van der Waals surface area contributed by atoms with Gasteiger partial charge in [0.25, 0.3) is 5.69 Å². The molecule has 4 nitrogen and oxygen atoms in total. The lowest BCUT2D eigenvalue weighted by molar-refractivity contribution is -0.385. The predicted octanol–water partition coefficient (Wildman–Crippen LogP) is 4.13. The molecule has 2 aromatic rings. The molecule has 0 heterocycles. The van der Waals surface area contributed by atoms with Crippen molar-refractivity contribution in [1.29, 1.82) is 0 Å². The van der Waals surface area contributed by atoms with Gasteiger partial charge in [-0.2, -0.15) is 0 Å². The molecule has 19 heavy (non-hydrogen) atoms. The van der Waals surface area contributed by atoms with Crippen molar-refractivity contribution < 1.29 is 9.72 Å². The van der Waals surface area contributed by atoms with Crippen molar-refractivity contribution in [3.05, 3.63) is 73.8 Å². The maximum Gasteiger partial charge on any atom is 0.280 e. The number of nitrogens with zero attached hydrogens (tertiary/aromatic N) is 1. The van der Waals surface area contributed by atoms with Crippen LogP contribution in [0.3, 0.4) is 0 Å². The first-order chi connectivity index (χ1) is 9.00. The summed E-state index contributed by atoms with van der Waals surface area (Å²) in [4.78, 5) is 22.6. The van der Waals surface area contributed by atoms with Gasteiger partial charge in [-0.05, 0) is 24.3 Å². The highest BCUT2D eigenvalue weighted by Gasteiger charge is 2.22. The first-order valence-electron chi connectivity index (χ1n) is 5.24. The van der Waals surface area contributed by atoms with Gasteiger partial charge >= 0.3 is 0 Å². The fourth-order valence-electron chi connectivity index (χ4n) is 1.64. The Bertz CT molecular complexity index is 671. The van der Waals surface area contributed by atoms with Crippen LogP contribution < -0.4 is 0 Å². The Balaban J connectivity index is 2.53. The molecule has 0 saturated carbocycles. The van der Waals surface area contributed by atoms with Crippen LogP contribution in [0.5, 0.6) is 0 Å². The van der Waals surface area contributed by atoms with E-state index in [-0.39, 0.29) is 21.8 Å². The molecule has 0 aliphatic rings. The number of hydrogen-bond acceptors (Lipinski definition) is 3. The lowest BCUT2D eigenvalue weighted by Gasteiger charge is -2.04. The third-order valence-corrected chi connectivity index (χ3v) is 3.07. The number of nitro benzene ring substituents is 1. The Morgan fingerprint density at radius 1 is 1.05 bits per heavy atom. The second-order valence-corrected chi connectivity index (χ2v) is 4.57. The monoisotopic (exact) mass is 295 g/mol. The summed E-state index contributed by atoms with van der Waals surface area (Å²) >= 11 is 11.7. The summed E-state index contributed by atoms with van der Waals surface area (Å²) in [5.74, 6) is -0.506. The summed E-state index contributed by atoms with van der Waals surface area (Å²) in [7, 11) is 0. The molecule has 0 atom stereocenters. The summed E-state index contributed by atoms with van der Waals surface area (Å²) in [6.07, 6.45) is 0. The summed E-state index contributed by atoms with van der Waals surface area (Å²) in [5, 5.41) is 11.5. The van der Waals surface area contributed by atoms with E-state index in [1.54, 1.807) is 6.07 Å². The number of benzene rings is 2. The minimum absolute atomic E-state index is 0.00303. The lowest BCUT2D eigenvalue weighted by Crippen LogP contribution is -2.05. The highest BCUT2D eigenvalue weighted by atomic mass is 35.5. The number of ketones is 1. The summed E-state index contributed by atoms with van der Waals surface area (Å²) in [6, 6.07) is 10.1. The van der Waals surface area contributed by atoms with Gasteiger partial charge < -0.3 is 0 Å². The Hall–Kier alpha value is -1.91. The van der Waals surface area contributed by atoms with Gasteiger partial charge in [-0.1, -0.05) is 35.3 Å². The molecule has 96 valence electrons. The third kappa shape index (κ3) is 2.75. The molecule has 0 aliphatic heterocycles. The molecule has 2 aromatic carbocycles. The SMILES string of the molecule is O=C(c1ccc(Cl)cc1Cl)c1ccccc1[N+](=O)[O-]. The standard InChI is InChI=1S/C13H7Cl2NO3/c14-8-5-6-9(11(15)7-8)13(17)10-3-1-2-4-12(10)16(18)19/h1-7H. The largest absolute Gasteiger partial charge is 0.288 e.